The Kier molecular flexibility index (Phi) is 30.0. The summed E-state index contributed by atoms with van der Waals surface area (Å²) in [5.41, 5.74) is 32.8. The van der Waals surface area contributed by atoms with Crippen molar-refractivity contribution in [3.05, 3.63) is 292 Å². The fourth-order valence-electron chi connectivity index (χ4n) is 13.0. The summed E-state index contributed by atoms with van der Waals surface area (Å²) in [6, 6.07) is 68.3. The van der Waals surface area contributed by atoms with Crippen LogP contribution in [0.4, 0.5) is 23.3 Å². The lowest BCUT2D eigenvalue weighted by molar-refractivity contribution is -0.125. The molecule has 0 spiro atoms. The number of carbonyl (C=O) groups excluding carboxylic acids is 2. The highest BCUT2D eigenvalue weighted by Crippen LogP contribution is 2.38. The summed E-state index contributed by atoms with van der Waals surface area (Å²) in [7, 11) is 0.0806. The number of allylic oxidation sites excluding steroid dienone is 1. The number of para-hydroxylation sites is 4. The van der Waals surface area contributed by atoms with Crippen LogP contribution in [-0.4, -0.2) is 183 Å². The van der Waals surface area contributed by atoms with Gasteiger partial charge in [0.1, 0.15) is 117 Å². The van der Waals surface area contributed by atoms with Crippen LogP contribution in [0.5, 0.6) is 46.0 Å². The highest BCUT2D eigenvalue weighted by molar-refractivity contribution is 7.92. The van der Waals surface area contributed by atoms with Crippen molar-refractivity contribution in [1.29, 1.82) is 0 Å². The van der Waals surface area contributed by atoms with Crippen LogP contribution in [0.2, 0.25) is 0 Å². The third-order valence-electron chi connectivity index (χ3n) is 19.5. The van der Waals surface area contributed by atoms with Gasteiger partial charge in [0.2, 0.25) is 31.9 Å². The molecule has 8 aromatic carbocycles. The zero-order chi connectivity index (χ0) is 91.0. The van der Waals surface area contributed by atoms with E-state index in [0.717, 1.165) is 61.8 Å². The van der Waals surface area contributed by atoms with Crippen LogP contribution in [0.25, 0.3) is 89.2 Å². The average molecular weight is 1770 g/mol. The second kappa shape index (κ2) is 42.6. The first kappa shape index (κ1) is 90.8. The largest absolute Gasteiger partial charge is 0.457 e. The molecule has 0 unspecified atom stereocenters. The molecule has 8 aromatic heterocycles. The number of aromatic nitrogens is 16. The number of nitrogen functional groups attached to an aromatic ring is 4. The van der Waals surface area contributed by atoms with E-state index in [1.165, 1.54) is 48.8 Å². The van der Waals surface area contributed by atoms with Crippen molar-refractivity contribution >= 4 is 99.3 Å². The second-order valence-electron chi connectivity index (χ2n) is 28.7. The van der Waals surface area contributed by atoms with Crippen LogP contribution in [-0.2, 0) is 55.8 Å². The van der Waals surface area contributed by atoms with E-state index in [2.05, 4.69) is 73.3 Å². The van der Waals surface area contributed by atoms with Gasteiger partial charge in [-0.2, -0.15) is 24.7 Å². The maximum Gasteiger partial charge on any atom is 0.246 e. The fourth-order valence-corrected chi connectivity index (χ4v) is 14.0. The van der Waals surface area contributed by atoms with E-state index in [9.17, 15) is 26.4 Å². The molecule has 0 saturated heterocycles. The van der Waals surface area contributed by atoms with Crippen molar-refractivity contribution in [3.63, 3.8) is 0 Å². The SMILES string of the molecule is C/C=C/C(=O)N(C)CCn1nc(-c2ccc(Oc3ccccc3)cc2)c2c(N)ncnc21.C=CS(=O)(=O)N(C)CCn1nc(-c2ccc(Oc3ccccc3)cc2)c2c(N)ncnc21.C=CS(=O)(=O)NCCn1nc(-c2ccc(Oc3ccccc3)cc2)c2c(N)ncnc21.CN(C)C/C=C/C(=O)NCCn1nc(-c2ccc(Oc3ccccc3)cc2)c2c(N)ncnc21. The minimum absolute atomic E-state index is 0.0627. The summed E-state index contributed by atoms with van der Waals surface area (Å²) in [6.07, 6.45) is 12.2. The summed E-state index contributed by atoms with van der Waals surface area (Å²) in [5.74, 6) is 6.91. The Balaban J connectivity index is 0.000000147. The molecule has 16 aromatic rings. The smallest absolute Gasteiger partial charge is 0.246 e. The first-order valence-electron chi connectivity index (χ1n) is 40.3. The molecule has 129 heavy (non-hydrogen) atoms. The Bertz CT molecular complexity index is 6850. The van der Waals surface area contributed by atoms with Gasteiger partial charge in [-0.25, -0.2) is 80.2 Å². The summed E-state index contributed by atoms with van der Waals surface area (Å²) in [5, 5.41) is 26.0. The lowest BCUT2D eigenvalue weighted by Crippen LogP contribution is -2.28. The Labute approximate surface area is 743 Å². The van der Waals surface area contributed by atoms with Crippen molar-refractivity contribution in [3.8, 4) is 91.0 Å². The van der Waals surface area contributed by atoms with Gasteiger partial charge in [-0.1, -0.05) is 98.1 Å². The number of nitrogens with zero attached hydrogens (tertiary/aromatic N) is 19. The Morgan fingerprint density at radius 2 is 0.698 bits per heavy atom. The normalized spacial score (nSPS) is 11.4. The predicted octanol–water partition coefficient (Wildman–Crippen LogP) is 13.2. The number of hydrogen-bond donors (Lipinski definition) is 6. The van der Waals surface area contributed by atoms with Crippen LogP contribution in [0.1, 0.15) is 6.92 Å². The van der Waals surface area contributed by atoms with Crippen LogP contribution in [0, 0.1) is 0 Å². The van der Waals surface area contributed by atoms with Crippen molar-refractivity contribution < 1.29 is 45.4 Å². The van der Waals surface area contributed by atoms with Crippen LogP contribution < -0.4 is 51.9 Å². The number of hydrogen-bond acceptors (Lipinski definition) is 27. The molecule has 0 aliphatic heterocycles. The first-order chi connectivity index (χ1) is 62.4. The Hall–Kier alpha value is -16.0. The molecule has 8 heterocycles. The van der Waals surface area contributed by atoms with Crippen LogP contribution in [0.3, 0.4) is 0 Å². The monoisotopic (exact) mass is 1770 g/mol. The van der Waals surface area contributed by atoms with Gasteiger partial charge in [0.15, 0.2) is 22.6 Å². The molecule has 35 nitrogen and oxygen atoms in total. The van der Waals surface area contributed by atoms with E-state index in [0.29, 0.717) is 140 Å². The molecule has 658 valence electrons. The van der Waals surface area contributed by atoms with E-state index >= 15 is 0 Å². The molecule has 0 aliphatic carbocycles. The van der Waals surface area contributed by atoms with Crippen LogP contribution in [0.15, 0.2) is 292 Å². The fraction of sp³-hybridized carbons (Fsp3) is 0.152. The molecule has 0 saturated carbocycles. The molecule has 16 rings (SSSR count). The first-order valence-corrected chi connectivity index (χ1v) is 43.4. The number of benzene rings is 8. The molecular formula is C92H93N25O10S2. The van der Waals surface area contributed by atoms with Gasteiger partial charge >= 0.3 is 0 Å². The summed E-state index contributed by atoms with van der Waals surface area (Å²) >= 11 is 0. The number of fused-ring (bicyclic) bond motifs is 4. The summed E-state index contributed by atoms with van der Waals surface area (Å²) < 4.78 is 80.8. The van der Waals surface area contributed by atoms with E-state index < -0.39 is 20.0 Å². The zero-order valence-electron chi connectivity index (χ0n) is 71.0. The maximum absolute atomic E-state index is 12.0. The molecule has 0 aliphatic rings. The minimum atomic E-state index is -3.53. The lowest BCUT2D eigenvalue weighted by atomic mass is 10.1. The standard InChI is InChI=1S/C25H27N7O2.C24H24N6O2.C22H22N6O3S.C21H20N6O3S/c1-31(2)15-6-9-21(33)27-14-16-32-25-22(24(26)28-17-29-25)23(30-32)18-10-12-20(13-11-18)34-19-7-4-3-5-8-19;1-3-7-20(31)29(2)14-15-30-24-21(23(25)26-16-27-24)22(28-30)17-10-12-19(13-11-17)32-18-8-5-4-6-9-18;1-3-32(29,30)27(2)13-14-28-22-19(21(23)24-15-25-22)20(26-28)16-9-11-18(12-10-16)31-17-7-5-4-6-8-17;1-2-31(28,29)25-12-13-27-21-18(20(22)23-14-24-21)19(26-27)15-8-10-17(11-9-15)30-16-6-4-3-5-7-16/h3-13,17H,14-16H2,1-2H3,(H,27,33)(H2,26,28,29);3-13,16H,14-15H2,1-2H3,(H2,25,26,27);3-12,15H,1,13-14H2,2H3,(H2,23,24,25);2-11,14,25H,1,12-13H2,(H2,22,23,24)/b9-6+;7-3+;;. The molecule has 37 heteroatoms. The third kappa shape index (κ3) is 23.5. The molecule has 10 N–H and O–H groups in total. The molecule has 0 atom stereocenters. The van der Waals surface area contributed by atoms with E-state index in [-0.39, 0.29) is 38.0 Å². The number of sulfonamides is 2. The number of rotatable bonds is 32. The molecule has 0 bridgehead atoms. The number of anilines is 4. The maximum atomic E-state index is 12.0. The van der Waals surface area contributed by atoms with Crippen molar-refractivity contribution in [2.75, 3.05) is 83.8 Å². The van der Waals surface area contributed by atoms with Crippen molar-refractivity contribution in [1.82, 2.24) is 103 Å². The average Bonchev–Trinajstić information content (AvgIpc) is 1.64. The highest BCUT2D eigenvalue weighted by atomic mass is 32.2. The predicted molar refractivity (Wildman–Crippen MR) is 499 cm³/mol. The Morgan fingerprint density at radius 1 is 0.395 bits per heavy atom. The third-order valence-corrected chi connectivity index (χ3v) is 22.0. The number of likely N-dealkylation sites (N-methyl/N-ethyl adjacent to an activating group) is 3. The molecule has 0 fully saturated rings. The number of nitrogens with one attached hydrogen (secondary N) is 2. The van der Waals surface area contributed by atoms with E-state index in [1.807, 2.05) is 250 Å². The van der Waals surface area contributed by atoms with E-state index in [4.69, 9.17) is 52.1 Å². The van der Waals surface area contributed by atoms with Gasteiger partial charge in [0, 0.05) is 86.0 Å². The Morgan fingerprint density at radius 3 is 1.00 bits per heavy atom. The molecular weight excluding hydrogens is 1680 g/mol. The van der Waals surface area contributed by atoms with Gasteiger partial charge in [-0.05, 0) is 173 Å². The second-order valence-corrected chi connectivity index (χ2v) is 32.4. The topological polar surface area (TPSA) is 452 Å². The van der Waals surface area contributed by atoms with Gasteiger partial charge in [-0.3, -0.25) is 9.59 Å². The zero-order valence-corrected chi connectivity index (χ0v) is 72.7. The van der Waals surface area contributed by atoms with Gasteiger partial charge in [0.25, 0.3) is 0 Å². The summed E-state index contributed by atoms with van der Waals surface area (Å²) in [4.78, 5) is 61.5. The van der Waals surface area contributed by atoms with Crippen molar-refractivity contribution in [2.45, 2.75) is 33.1 Å². The van der Waals surface area contributed by atoms with Gasteiger partial charge < -0.3 is 57.0 Å². The minimum Gasteiger partial charge on any atom is -0.457 e. The quantitative estimate of drug-likeness (QED) is 0.0213. The van der Waals surface area contributed by atoms with Gasteiger partial charge in [0.05, 0.1) is 47.7 Å². The van der Waals surface area contributed by atoms with Crippen LogP contribution >= 0.6 is 0 Å². The number of carbonyl (C=O) groups is 2. The van der Waals surface area contributed by atoms with Gasteiger partial charge in [-0.15, -0.1) is 0 Å². The van der Waals surface area contributed by atoms with Crippen molar-refractivity contribution in [2.24, 2.45) is 0 Å². The number of ether oxygens (including phenoxy) is 4. The molecule has 0 radical (unpaired) electrons. The number of amides is 2. The van der Waals surface area contributed by atoms with E-state index in [1.54, 1.807) is 36.8 Å². The number of nitrogens with two attached hydrogens (primary N) is 4. The summed E-state index contributed by atoms with van der Waals surface area (Å²) in [6.45, 7) is 11.8. The highest BCUT2D eigenvalue weighted by Gasteiger charge is 2.24. The molecule has 2 amide bonds. The lowest BCUT2D eigenvalue weighted by Gasteiger charge is -2.15.